The molecule has 0 atom stereocenters. The monoisotopic (exact) mass is 474 g/mol. The maximum atomic E-state index is 12.8. The Morgan fingerprint density at radius 2 is 1.24 bits per heavy atom. The van der Waals surface area contributed by atoms with Gasteiger partial charge in [0.25, 0.3) is 10.1 Å². The molecule has 4 aromatic carbocycles. The van der Waals surface area contributed by atoms with Gasteiger partial charge in [-0.3, -0.25) is 9.35 Å². The van der Waals surface area contributed by atoms with Gasteiger partial charge in [0.05, 0.1) is 7.11 Å². The summed E-state index contributed by atoms with van der Waals surface area (Å²) in [5, 5.41) is 0. The van der Waals surface area contributed by atoms with Crippen LogP contribution in [-0.4, -0.2) is 25.9 Å². The van der Waals surface area contributed by atoms with Crippen molar-refractivity contribution in [1.29, 1.82) is 0 Å². The van der Waals surface area contributed by atoms with E-state index < -0.39 is 20.8 Å². The molecule has 0 aliphatic heterocycles. The molecular weight excluding hydrogens is 452 g/mol. The zero-order valence-electron chi connectivity index (χ0n) is 18.6. The van der Waals surface area contributed by atoms with E-state index in [1.165, 1.54) is 24.8 Å². The van der Waals surface area contributed by atoms with Crippen molar-refractivity contribution in [3.63, 3.8) is 0 Å². The van der Waals surface area contributed by atoms with Crippen molar-refractivity contribution in [1.82, 2.24) is 0 Å². The summed E-state index contributed by atoms with van der Waals surface area (Å²) in [5.41, 5.74) is 3.85. The molecule has 6 nitrogen and oxygen atoms in total. The van der Waals surface area contributed by atoms with Crippen LogP contribution in [0, 0.1) is 6.92 Å². The second-order valence-corrected chi connectivity index (χ2v) is 9.08. The highest BCUT2D eigenvalue weighted by Crippen LogP contribution is 2.28. The Labute approximate surface area is 198 Å². The summed E-state index contributed by atoms with van der Waals surface area (Å²) in [5.74, 6) is 0.758. The lowest BCUT2D eigenvalue weighted by molar-refractivity contribution is 0.103. The molecule has 0 saturated carbocycles. The minimum absolute atomic E-state index is 0.0452. The SMILES string of the molecule is COc1ccc(C(=O)c2ccc(Oc3ccc(-c4ccc(C)cc4)cc3)cc2)cc1S(=O)(=O)O. The maximum Gasteiger partial charge on any atom is 0.298 e. The van der Waals surface area contributed by atoms with Crippen molar-refractivity contribution in [2.24, 2.45) is 0 Å². The van der Waals surface area contributed by atoms with Crippen LogP contribution in [0.15, 0.2) is 95.9 Å². The summed E-state index contributed by atoms with van der Waals surface area (Å²) in [7, 11) is -3.27. The van der Waals surface area contributed by atoms with Crippen LogP contribution >= 0.6 is 0 Å². The molecule has 7 heteroatoms. The molecule has 0 bridgehead atoms. The minimum atomic E-state index is -4.55. The predicted octanol–water partition coefficient (Wildman–Crippen LogP) is 5.94. The van der Waals surface area contributed by atoms with Gasteiger partial charge in [0, 0.05) is 11.1 Å². The maximum absolute atomic E-state index is 12.8. The quantitative estimate of drug-likeness (QED) is 0.263. The molecule has 4 aromatic rings. The molecule has 0 amide bonds. The normalized spacial score (nSPS) is 11.1. The molecule has 0 aromatic heterocycles. The molecule has 172 valence electrons. The van der Waals surface area contributed by atoms with Gasteiger partial charge >= 0.3 is 0 Å². The summed E-state index contributed by atoms with van der Waals surface area (Å²) in [6, 6.07) is 26.4. The first-order valence-electron chi connectivity index (χ1n) is 10.4. The van der Waals surface area contributed by atoms with E-state index in [1.807, 2.05) is 31.2 Å². The fourth-order valence-electron chi connectivity index (χ4n) is 3.46. The van der Waals surface area contributed by atoms with Crippen molar-refractivity contribution in [3.8, 4) is 28.4 Å². The lowest BCUT2D eigenvalue weighted by Crippen LogP contribution is -2.06. The van der Waals surface area contributed by atoms with Crippen LogP contribution in [0.4, 0.5) is 0 Å². The second kappa shape index (κ2) is 9.51. The molecule has 0 aliphatic carbocycles. The zero-order chi connectivity index (χ0) is 24.3. The molecule has 0 unspecified atom stereocenters. The number of benzene rings is 4. The lowest BCUT2D eigenvalue weighted by atomic mass is 10.0. The van der Waals surface area contributed by atoms with Gasteiger partial charge in [-0.05, 0) is 72.6 Å². The Hall–Kier alpha value is -3.94. The van der Waals surface area contributed by atoms with Crippen LogP contribution in [0.5, 0.6) is 17.2 Å². The number of ketones is 1. The summed E-state index contributed by atoms with van der Waals surface area (Å²) in [4.78, 5) is 12.4. The molecule has 4 rings (SSSR count). The molecule has 34 heavy (non-hydrogen) atoms. The number of aryl methyl sites for hydroxylation is 1. The number of hydrogen-bond acceptors (Lipinski definition) is 5. The summed E-state index contributed by atoms with van der Waals surface area (Å²) >= 11 is 0. The Morgan fingerprint density at radius 1 is 0.735 bits per heavy atom. The van der Waals surface area contributed by atoms with Gasteiger partial charge in [-0.15, -0.1) is 0 Å². The molecule has 0 heterocycles. The minimum Gasteiger partial charge on any atom is -0.495 e. The zero-order valence-corrected chi connectivity index (χ0v) is 19.4. The lowest BCUT2D eigenvalue weighted by Gasteiger charge is -2.10. The fraction of sp³-hybridized carbons (Fsp3) is 0.0741. The van der Waals surface area contributed by atoms with Gasteiger partial charge < -0.3 is 9.47 Å². The highest BCUT2D eigenvalue weighted by atomic mass is 32.2. The third kappa shape index (κ3) is 5.17. The average Bonchev–Trinajstić information content (AvgIpc) is 2.84. The van der Waals surface area contributed by atoms with Crippen molar-refractivity contribution >= 4 is 15.9 Å². The van der Waals surface area contributed by atoms with Crippen molar-refractivity contribution < 1.29 is 27.2 Å². The molecular formula is C27H22O6S. The molecule has 0 spiro atoms. The van der Waals surface area contributed by atoms with Gasteiger partial charge in [0.15, 0.2) is 5.78 Å². The van der Waals surface area contributed by atoms with Gasteiger partial charge in [-0.25, -0.2) is 0 Å². The van der Waals surface area contributed by atoms with Gasteiger partial charge in [0.2, 0.25) is 0 Å². The van der Waals surface area contributed by atoms with Crippen LogP contribution in [0.25, 0.3) is 11.1 Å². The van der Waals surface area contributed by atoms with Gasteiger partial charge in [0.1, 0.15) is 22.1 Å². The number of carbonyl (C=O) groups excluding carboxylic acids is 1. The average molecular weight is 475 g/mol. The van der Waals surface area contributed by atoms with Crippen molar-refractivity contribution in [3.05, 3.63) is 108 Å². The van der Waals surface area contributed by atoms with E-state index in [0.29, 0.717) is 17.1 Å². The summed E-state index contributed by atoms with van der Waals surface area (Å²) < 4.78 is 43.5. The van der Waals surface area contributed by atoms with Crippen LogP contribution in [-0.2, 0) is 10.1 Å². The van der Waals surface area contributed by atoms with Crippen molar-refractivity contribution in [2.45, 2.75) is 11.8 Å². The van der Waals surface area contributed by atoms with Crippen LogP contribution in [0.2, 0.25) is 0 Å². The predicted molar refractivity (Wildman–Crippen MR) is 129 cm³/mol. The fourth-order valence-corrected chi connectivity index (χ4v) is 4.14. The Morgan fingerprint density at radius 3 is 1.76 bits per heavy atom. The Balaban J connectivity index is 1.49. The molecule has 0 fully saturated rings. The van der Waals surface area contributed by atoms with Crippen molar-refractivity contribution in [2.75, 3.05) is 7.11 Å². The largest absolute Gasteiger partial charge is 0.495 e. The van der Waals surface area contributed by atoms with E-state index in [9.17, 15) is 17.8 Å². The molecule has 0 radical (unpaired) electrons. The van der Waals surface area contributed by atoms with E-state index in [2.05, 4.69) is 24.3 Å². The highest BCUT2D eigenvalue weighted by molar-refractivity contribution is 7.86. The molecule has 1 N–H and O–H groups in total. The third-order valence-electron chi connectivity index (χ3n) is 5.30. The van der Waals surface area contributed by atoms with Crippen LogP contribution in [0.1, 0.15) is 21.5 Å². The second-order valence-electron chi connectivity index (χ2n) is 7.69. The summed E-state index contributed by atoms with van der Waals surface area (Å²) in [6.07, 6.45) is 0. The number of hydrogen-bond donors (Lipinski definition) is 1. The number of ether oxygens (including phenoxy) is 2. The topological polar surface area (TPSA) is 89.9 Å². The molecule has 0 saturated heterocycles. The smallest absolute Gasteiger partial charge is 0.298 e. The highest BCUT2D eigenvalue weighted by Gasteiger charge is 2.20. The first kappa shape index (κ1) is 23.2. The Kier molecular flexibility index (Phi) is 6.49. The molecule has 0 aliphatic rings. The standard InChI is InChI=1S/C27H22O6S/c1-18-3-5-19(6-4-18)20-7-12-23(13-8-20)33-24-14-9-21(10-15-24)27(28)22-11-16-25(32-2)26(17-22)34(29,30)31/h3-17H,1-2H3,(H,29,30,31). The number of methoxy groups -OCH3 is 1. The number of carbonyl (C=O) groups is 1. The van der Waals surface area contributed by atoms with Crippen LogP contribution in [0.3, 0.4) is 0 Å². The van der Waals surface area contributed by atoms with Gasteiger partial charge in [-0.1, -0.05) is 42.0 Å². The van der Waals surface area contributed by atoms with E-state index in [0.717, 1.165) is 17.2 Å². The van der Waals surface area contributed by atoms with Gasteiger partial charge in [-0.2, -0.15) is 8.42 Å². The number of rotatable bonds is 7. The van der Waals surface area contributed by atoms with E-state index in [4.69, 9.17) is 9.47 Å². The summed E-state index contributed by atoms with van der Waals surface area (Å²) in [6.45, 7) is 2.05. The van der Waals surface area contributed by atoms with Crippen LogP contribution < -0.4 is 9.47 Å². The third-order valence-corrected chi connectivity index (χ3v) is 6.17. The Bertz CT molecular complexity index is 1420. The first-order valence-corrected chi connectivity index (χ1v) is 11.8. The van der Waals surface area contributed by atoms with E-state index in [-0.39, 0.29) is 11.3 Å². The first-order chi connectivity index (χ1) is 16.2. The van der Waals surface area contributed by atoms with E-state index in [1.54, 1.807) is 24.3 Å². The van der Waals surface area contributed by atoms with E-state index >= 15 is 0 Å².